The fraction of sp³-hybridized carbons (Fsp3) is 0.804. The molecule has 0 aliphatic carbocycles. The van der Waals surface area contributed by atoms with E-state index in [1.807, 2.05) is 18.2 Å². The lowest BCUT2D eigenvalue weighted by Gasteiger charge is -2.43. The molecular formula is C56H110O7Si4. The molecule has 0 bridgehead atoms. The maximum atomic E-state index is 11.6. The highest BCUT2D eigenvalue weighted by Gasteiger charge is 2.45. The van der Waals surface area contributed by atoms with Gasteiger partial charge in [0.05, 0.1) is 30.5 Å². The van der Waals surface area contributed by atoms with E-state index in [0.29, 0.717) is 17.9 Å². The predicted octanol–water partition coefficient (Wildman–Crippen LogP) is 16.9. The van der Waals surface area contributed by atoms with Crippen molar-refractivity contribution < 1.29 is 32.7 Å². The summed E-state index contributed by atoms with van der Waals surface area (Å²) in [5.74, 6) is -0.465. The number of rotatable bonds is 28. The summed E-state index contributed by atoms with van der Waals surface area (Å²) in [6.07, 6.45) is 20.0. The predicted molar refractivity (Wildman–Crippen MR) is 302 cm³/mol. The summed E-state index contributed by atoms with van der Waals surface area (Å²) < 4.78 is 29.2. The SMILES string of the molecule is C=CC=C[C@H](C)[C@H](O)[C@@H](C)[C@@H](CCCC[C@H](C)[C@@H](O[Si](C)(C)C(C)(C)C)[C@@H](C)C=C[C@H](C[C@H](O[Si](C)(C)C(C)(C)C)[C@H](C)C=CC=C(C)C(=O)O)O[Si](C)(C)C(C)(C)C)O[Si](C)(C)C(C)(C)C. The van der Waals surface area contributed by atoms with Gasteiger partial charge in [-0.3, -0.25) is 0 Å². The van der Waals surface area contributed by atoms with E-state index in [-0.39, 0.29) is 68.2 Å². The number of unbranched alkanes of at least 4 members (excludes halogenated alkanes) is 1. The number of hydrogen-bond acceptors (Lipinski definition) is 6. The number of aliphatic hydroxyl groups is 1. The summed E-state index contributed by atoms with van der Waals surface area (Å²) in [5, 5.41) is 21.2. The van der Waals surface area contributed by atoms with Crippen LogP contribution in [0.2, 0.25) is 72.5 Å². The number of hydrogen-bond donors (Lipinski definition) is 2. The second kappa shape index (κ2) is 26.5. The highest BCUT2D eigenvalue weighted by atomic mass is 28.4. The van der Waals surface area contributed by atoms with E-state index in [0.717, 1.165) is 25.7 Å². The summed E-state index contributed by atoms with van der Waals surface area (Å²) in [4.78, 5) is 11.6. The maximum absolute atomic E-state index is 11.6. The van der Waals surface area contributed by atoms with Crippen molar-refractivity contribution in [1.29, 1.82) is 0 Å². The lowest BCUT2D eigenvalue weighted by molar-refractivity contribution is -0.132. The molecule has 10 atom stereocenters. The molecule has 0 aliphatic heterocycles. The van der Waals surface area contributed by atoms with E-state index in [4.69, 9.17) is 17.7 Å². The quantitative estimate of drug-likeness (QED) is 0.0265. The van der Waals surface area contributed by atoms with Crippen LogP contribution in [0.25, 0.3) is 0 Å². The summed E-state index contributed by atoms with van der Waals surface area (Å²) in [6.45, 7) is 62.9. The molecule has 0 heterocycles. The Morgan fingerprint density at radius 1 is 0.567 bits per heavy atom. The van der Waals surface area contributed by atoms with Crippen LogP contribution in [0.5, 0.6) is 0 Å². The molecule has 0 aromatic rings. The van der Waals surface area contributed by atoms with Gasteiger partial charge in [0.1, 0.15) is 0 Å². The van der Waals surface area contributed by atoms with Crippen molar-refractivity contribution in [3.8, 4) is 0 Å². The van der Waals surface area contributed by atoms with Crippen LogP contribution in [0.1, 0.15) is 157 Å². The van der Waals surface area contributed by atoms with Crippen LogP contribution >= 0.6 is 0 Å². The van der Waals surface area contributed by atoms with E-state index >= 15 is 0 Å². The molecule has 0 saturated heterocycles. The maximum Gasteiger partial charge on any atom is 0.331 e. The number of carboxylic acids is 1. The van der Waals surface area contributed by atoms with Gasteiger partial charge in [-0.05, 0) is 110 Å². The Hall–Kier alpha value is -1.16. The molecular weight excluding hydrogens is 897 g/mol. The summed E-state index contributed by atoms with van der Waals surface area (Å²) in [6, 6.07) is 0. The van der Waals surface area contributed by atoms with Gasteiger partial charge >= 0.3 is 5.97 Å². The minimum absolute atomic E-state index is 0.00114. The number of aliphatic hydroxyl groups excluding tert-OH is 1. The highest BCUT2D eigenvalue weighted by Crippen LogP contribution is 2.44. The average Bonchev–Trinajstić information content (AvgIpc) is 3.15. The Kier molecular flexibility index (Phi) is 26.0. The van der Waals surface area contributed by atoms with E-state index in [9.17, 15) is 15.0 Å². The van der Waals surface area contributed by atoms with Gasteiger partial charge in [0.25, 0.3) is 0 Å². The van der Waals surface area contributed by atoms with Gasteiger partial charge in [-0.25, -0.2) is 4.79 Å². The minimum Gasteiger partial charge on any atom is -0.478 e. The van der Waals surface area contributed by atoms with Crippen LogP contribution in [0.15, 0.2) is 60.8 Å². The van der Waals surface area contributed by atoms with Gasteiger partial charge in [0.2, 0.25) is 0 Å². The zero-order chi connectivity index (χ0) is 52.9. The molecule has 0 rings (SSSR count). The first-order valence-corrected chi connectivity index (χ1v) is 37.5. The smallest absolute Gasteiger partial charge is 0.331 e. The summed E-state index contributed by atoms with van der Waals surface area (Å²) in [7, 11) is -8.70. The molecule has 67 heavy (non-hydrogen) atoms. The van der Waals surface area contributed by atoms with E-state index < -0.39 is 45.3 Å². The first kappa shape index (κ1) is 65.8. The van der Waals surface area contributed by atoms with Crippen LogP contribution in [0.3, 0.4) is 0 Å². The topological polar surface area (TPSA) is 94.5 Å². The molecule has 392 valence electrons. The third-order valence-corrected chi connectivity index (χ3v) is 34.5. The molecule has 0 saturated carbocycles. The number of carbonyl (C=O) groups is 1. The Morgan fingerprint density at radius 3 is 1.43 bits per heavy atom. The van der Waals surface area contributed by atoms with Gasteiger partial charge < -0.3 is 27.9 Å². The van der Waals surface area contributed by atoms with Crippen molar-refractivity contribution >= 4 is 39.2 Å². The van der Waals surface area contributed by atoms with Gasteiger partial charge in [0, 0.05) is 23.8 Å². The molecule has 11 heteroatoms. The zero-order valence-electron chi connectivity index (χ0n) is 48.6. The van der Waals surface area contributed by atoms with Gasteiger partial charge in [0.15, 0.2) is 33.3 Å². The van der Waals surface area contributed by atoms with E-state index in [1.165, 1.54) is 0 Å². The normalized spacial score (nSPS) is 19.3. The Bertz CT molecular complexity index is 1620. The third kappa shape index (κ3) is 21.6. The molecule has 7 nitrogen and oxygen atoms in total. The fourth-order valence-electron chi connectivity index (χ4n) is 7.14. The van der Waals surface area contributed by atoms with Crippen LogP contribution in [-0.4, -0.2) is 80.0 Å². The largest absolute Gasteiger partial charge is 0.478 e. The molecule has 2 N–H and O–H groups in total. The highest BCUT2D eigenvalue weighted by molar-refractivity contribution is 6.75. The lowest BCUT2D eigenvalue weighted by atomic mass is 9.85. The standard InChI is InChI=1S/C56H110O7Si4/c1-28-29-33-42(3)50(57)46(7)48(61-65(22,23)54(11,12)13)37-31-30-34-43(4)51(63-67(26,27)56(17,18)19)44(5)38-39-47(60-64(20,21)53(8,9)10)40-49(62-66(24,25)55(14,15)16)41(2)35-32-36-45(6)52(58)59/h28-29,32-33,35-36,38-39,41-44,46-51,57H,1,30-31,34,37,40H2,2-27H3,(H,58,59)/t41-,42+,43+,44+,46+,47-,48-,49+,50+,51-/m1/s1. The number of allylic oxidation sites excluding steroid dienone is 4. The fourth-order valence-corrected chi connectivity index (χ4v) is 12.8. The Morgan fingerprint density at radius 2 is 0.985 bits per heavy atom. The summed E-state index contributed by atoms with van der Waals surface area (Å²) in [5.41, 5.74) is 0.303. The first-order chi connectivity index (χ1) is 30.0. The number of carboxylic acid groups (broad SMARTS) is 1. The molecule has 0 radical (unpaired) electrons. The Labute approximate surface area is 420 Å². The van der Waals surface area contributed by atoms with Crippen molar-refractivity contribution in [2.45, 2.75) is 260 Å². The molecule has 0 amide bonds. The monoisotopic (exact) mass is 1010 g/mol. The molecule has 0 aromatic carbocycles. The van der Waals surface area contributed by atoms with Crippen molar-refractivity contribution in [3.05, 3.63) is 60.8 Å². The van der Waals surface area contributed by atoms with Crippen molar-refractivity contribution in [2.75, 3.05) is 0 Å². The molecule has 0 unspecified atom stereocenters. The molecule has 0 spiro atoms. The van der Waals surface area contributed by atoms with Crippen LogP contribution in [0, 0.1) is 29.6 Å². The average molecular weight is 1010 g/mol. The molecule has 0 aromatic heterocycles. The first-order valence-electron chi connectivity index (χ1n) is 25.9. The van der Waals surface area contributed by atoms with Gasteiger partial charge in [-0.2, -0.15) is 0 Å². The third-order valence-electron chi connectivity index (χ3n) is 16.5. The summed E-state index contributed by atoms with van der Waals surface area (Å²) >= 11 is 0. The van der Waals surface area contributed by atoms with Crippen molar-refractivity contribution in [2.24, 2.45) is 29.6 Å². The van der Waals surface area contributed by atoms with Gasteiger partial charge in [-0.15, -0.1) is 0 Å². The Balaban J connectivity index is 7.11. The second-order valence-electron chi connectivity index (χ2n) is 26.6. The molecule has 0 aliphatic rings. The van der Waals surface area contributed by atoms with E-state index in [1.54, 1.807) is 19.1 Å². The van der Waals surface area contributed by atoms with Gasteiger partial charge in [-0.1, -0.05) is 186 Å². The van der Waals surface area contributed by atoms with Crippen LogP contribution in [0.4, 0.5) is 0 Å². The molecule has 0 fully saturated rings. The number of aliphatic carboxylic acids is 1. The van der Waals surface area contributed by atoms with Crippen molar-refractivity contribution in [3.63, 3.8) is 0 Å². The minimum atomic E-state index is -2.23. The zero-order valence-corrected chi connectivity index (χ0v) is 52.6. The van der Waals surface area contributed by atoms with Crippen LogP contribution < -0.4 is 0 Å². The second-order valence-corrected chi connectivity index (χ2v) is 45.6. The van der Waals surface area contributed by atoms with Crippen LogP contribution in [-0.2, 0) is 22.5 Å². The van der Waals surface area contributed by atoms with Crippen molar-refractivity contribution in [1.82, 2.24) is 0 Å². The lowest BCUT2D eigenvalue weighted by Crippen LogP contribution is -2.48. The van der Waals surface area contributed by atoms with E-state index in [2.05, 4.69) is 195 Å².